The number of nitrogens with zero attached hydrogens (tertiary/aromatic N) is 1. The van der Waals surface area contributed by atoms with Gasteiger partial charge in [-0.25, -0.2) is 13.2 Å². The summed E-state index contributed by atoms with van der Waals surface area (Å²) in [5.74, 6) is -0.791. The number of nitrogens with two attached hydrogens (primary N) is 1. The number of hydrogen-bond acceptors (Lipinski definition) is 6. The maximum Gasteiger partial charge on any atom is 0.339 e. The van der Waals surface area contributed by atoms with Crippen LogP contribution in [0.5, 0.6) is 0 Å². The van der Waals surface area contributed by atoms with E-state index in [-0.39, 0.29) is 22.8 Å². The monoisotopic (exact) mass is 302 g/mol. The van der Waals surface area contributed by atoms with Gasteiger partial charge in [0, 0.05) is 18.8 Å². The summed E-state index contributed by atoms with van der Waals surface area (Å²) < 4.78 is 30.5. The summed E-state index contributed by atoms with van der Waals surface area (Å²) in [6, 6.07) is 3.26. The fourth-order valence-corrected chi connectivity index (χ4v) is 3.06. The number of hydrogen-bond donors (Lipinski definition) is 2. The number of likely N-dealkylation sites (N-methyl/N-ethyl adjacent to an activating group) is 1. The molecule has 20 heavy (non-hydrogen) atoms. The summed E-state index contributed by atoms with van der Waals surface area (Å²) in [7, 11) is -1.45. The lowest BCUT2D eigenvalue weighted by Gasteiger charge is -2.23. The molecular formula is C12H18N2O5S. The summed E-state index contributed by atoms with van der Waals surface area (Å²) >= 11 is 0. The van der Waals surface area contributed by atoms with Gasteiger partial charge in [-0.2, -0.15) is 4.31 Å². The first-order valence-electron chi connectivity index (χ1n) is 5.82. The van der Waals surface area contributed by atoms with E-state index in [0.717, 1.165) is 11.4 Å². The predicted octanol–water partition coefficient (Wildman–Crippen LogP) is 0.0567. The predicted molar refractivity (Wildman–Crippen MR) is 73.7 cm³/mol. The number of sulfonamides is 1. The minimum Gasteiger partial charge on any atom is -0.465 e. The van der Waals surface area contributed by atoms with Crippen molar-refractivity contribution in [3.63, 3.8) is 0 Å². The molecule has 1 rings (SSSR count). The molecule has 0 amide bonds. The summed E-state index contributed by atoms with van der Waals surface area (Å²) in [6.07, 6.45) is 0. The second kappa shape index (κ2) is 6.21. The highest BCUT2D eigenvalue weighted by atomic mass is 32.2. The smallest absolute Gasteiger partial charge is 0.339 e. The van der Waals surface area contributed by atoms with Crippen molar-refractivity contribution in [1.82, 2.24) is 4.31 Å². The zero-order chi connectivity index (χ0) is 15.5. The standard InChI is InChI=1S/C12H18N2O5S/c1-8(7-15)14(2)20(17,18)11-5-4-9(13)6-10(11)12(16)19-3/h4-6,8,15H,7,13H2,1-3H3. The molecule has 0 spiro atoms. The van der Waals surface area contributed by atoms with E-state index in [1.165, 1.54) is 25.2 Å². The van der Waals surface area contributed by atoms with Crippen molar-refractivity contribution in [2.45, 2.75) is 17.9 Å². The lowest BCUT2D eigenvalue weighted by Crippen LogP contribution is -2.38. The molecule has 112 valence electrons. The molecule has 0 aromatic heterocycles. The maximum absolute atomic E-state index is 12.5. The fraction of sp³-hybridized carbons (Fsp3) is 0.417. The average molecular weight is 302 g/mol. The van der Waals surface area contributed by atoms with Crippen LogP contribution >= 0.6 is 0 Å². The molecule has 0 aliphatic carbocycles. The molecule has 0 saturated heterocycles. The zero-order valence-electron chi connectivity index (χ0n) is 11.5. The molecule has 1 aromatic carbocycles. The molecule has 0 saturated carbocycles. The van der Waals surface area contributed by atoms with Gasteiger partial charge in [-0.15, -0.1) is 0 Å². The topological polar surface area (TPSA) is 110 Å². The van der Waals surface area contributed by atoms with E-state index >= 15 is 0 Å². The molecule has 0 aliphatic heterocycles. The van der Waals surface area contributed by atoms with Gasteiger partial charge in [0.2, 0.25) is 10.0 Å². The number of benzene rings is 1. The van der Waals surface area contributed by atoms with E-state index in [1.54, 1.807) is 6.92 Å². The van der Waals surface area contributed by atoms with Gasteiger partial charge in [-0.05, 0) is 25.1 Å². The Labute approximate surface area is 118 Å². The number of carbonyl (C=O) groups excluding carboxylic acids is 1. The molecule has 0 heterocycles. The van der Waals surface area contributed by atoms with E-state index in [1.807, 2.05) is 0 Å². The highest BCUT2D eigenvalue weighted by molar-refractivity contribution is 7.89. The Balaban J connectivity index is 3.42. The van der Waals surface area contributed by atoms with Crippen molar-refractivity contribution in [2.75, 3.05) is 26.5 Å². The lowest BCUT2D eigenvalue weighted by atomic mass is 10.2. The van der Waals surface area contributed by atoms with Crippen LogP contribution < -0.4 is 5.73 Å². The largest absolute Gasteiger partial charge is 0.465 e. The van der Waals surface area contributed by atoms with Gasteiger partial charge in [0.05, 0.1) is 24.2 Å². The number of esters is 1. The number of aliphatic hydroxyl groups excluding tert-OH is 1. The van der Waals surface area contributed by atoms with Gasteiger partial charge >= 0.3 is 5.97 Å². The van der Waals surface area contributed by atoms with Crippen molar-refractivity contribution >= 4 is 21.7 Å². The van der Waals surface area contributed by atoms with Crippen molar-refractivity contribution < 1.29 is 23.1 Å². The second-order valence-corrected chi connectivity index (χ2v) is 6.27. The fourth-order valence-electron chi connectivity index (χ4n) is 1.55. The Morgan fingerprint density at radius 1 is 1.50 bits per heavy atom. The number of anilines is 1. The highest BCUT2D eigenvalue weighted by Crippen LogP contribution is 2.23. The Kier molecular flexibility index (Phi) is 5.09. The quantitative estimate of drug-likeness (QED) is 0.588. The van der Waals surface area contributed by atoms with Crippen molar-refractivity contribution in [2.24, 2.45) is 0 Å². The Morgan fingerprint density at radius 2 is 2.10 bits per heavy atom. The van der Waals surface area contributed by atoms with Gasteiger partial charge in [-0.3, -0.25) is 0 Å². The summed E-state index contributed by atoms with van der Waals surface area (Å²) in [4.78, 5) is 11.5. The summed E-state index contributed by atoms with van der Waals surface area (Å²) in [5.41, 5.74) is 5.69. The molecule has 0 radical (unpaired) electrons. The molecule has 1 atom stereocenters. The minimum absolute atomic E-state index is 0.135. The van der Waals surface area contributed by atoms with Crippen LogP contribution in [0.25, 0.3) is 0 Å². The Morgan fingerprint density at radius 3 is 2.60 bits per heavy atom. The molecule has 3 N–H and O–H groups in total. The van der Waals surface area contributed by atoms with Crippen molar-refractivity contribution in [3.05, 3.63) is 23.8 Å². The Bertz CT molecular complexity index is 600. The third kappa shape index (κ3) is 3.09. The minimum atomic E-state index is -3.94. The molecule has 1 aromatic rings. The molecule has 0 bridgehead atoms. The lowest BCUT2D eigenvalue weighted by molar-refractivity contribution is 0.0596. The molecule has 7 nitrogen and oxygen atoms in total. The average Bonchev–Trinajstić information content (AvgIpc) is 2.44. The maximum atomic E-state index is 12.5. The van der Waals surface area contributed by atoms with E-state index in [4.69, 9.17) is 10.8 Å². The number of aliphatic hydroxyl groups is 1. The van der Waals surface area contributed by atoms with Gasteiger partial charge < -0.3 is 15.6 Å². The van der Waals surface area contributed by atoms with Crippen LogP contribution in [-0.4, -0.2) is 50.6 Å². The molecular weight excluding hydrogens is 284 g/mol. The highest BCUT2D eigenvalue weighted by Gasteiger charge is 2.29. The van der Waals surface area contributed by atoms with Crippen LogP contribution in [0.4, 0.5) is 5.69 Å². The van der Waals surface area contributed by atoms with Crippen molar-refractivity contribution in [3.8, 4) is 0 Å². The van der Waals surface area contributed by atoms with Gasteiger partial charge in [0.1, 0.15) is 0 Å². The van der Waals surface area contributed by atoms with Crippen LogP contribution in [0.2, 0.25) is 0 Å². The number of methoxy groups -OCH3 is 1. The van der Waals surface area contributed by atoms with Gasteiger partial charge in [0.15, 0.2) is 0 Å². The summed E-state index contributed by atoms with van der Waals surface area (Å²) in [6.45, 7) is 1.21. The summed E-state index contributed by atoms with van der Waals surface area (Å²) in [5, 5.41) is 9.07. The van der Waals surface area contributed by atoms with Gasteiger partial charge in [-0.1, -0.05) is 0 Å². The third-order valence-electron chi connectivity index (χ3n) is 2.95. The van der Waals surface area contributed by atoms with Crippen LogP contribution in [0.3, 0.4) is 0 Å². The first kappa shape index (κ1) is 16.4. The van der Waals surface area contributed by atoms with E-state index in [9.17, 15) is 13.2 Å². The number of carbonyl (C=O) groups is 1. The number of ether oxygens (including phenoxy) is 1. The number of rotatable bonds is 5. The van der Waals surface area contributed by atoms with Crippen LogP contribution in [0.15, 0.2) is 23.1 Å². The number of nitrogen functional groups attached to an aromatic ring is 1. The van der Waals surface area contributed by atoms with Crippen LogP contribution in [0, 0.1) is 0 Å². The first-order valence-corrected chi connectivity index (χ1v) is 7.26. The SMILES string of the molecule is COC(=O)c1cc(N)ccc1S(=O)(=O)N(C)C(C)CO. The van der Waals surface area contributed by atoms with Crippen molar-refractivity contribution in [1.29, 1.82) is 0 Å². The molecule has 1 unspecified atom stereocenters. The van der Waals surface area contributed by atoms with E-state index in [2.05, 4.69) is 4.74 Å². The normalized spacial score (nSPS) is 13.2. The van der Waals surface area contributed by atoms with Crippen LogP contribution in [-0.2, 0) is 14.8 Å². The third-order valence-corrected chi connectivity index (χ3v) is 4.98. The van der Waals surface area contributed by atoms with Gasteiger partial charge in [0.25, 0.3) is 0 Å². The Hall–Kier alpha value is -1.64. The molecule has 0 aliphatic rings. The van der Waals surface area contributed by atoms with Crippen LogP contribution in [0.1, 0.15) is 17.3 Å². The van der Waals surface area contributed by atoms with E-state index in [0.29, 0.717) is 0 Å². The molecule has 0 fully saturated rings. The molecule has 8 heteroatoms. The first-order chi connectivity index (χ1) is 9.25. The second-order valence-electron chi connectivity index (χ2n) is 4.30. The zero-order valence-corrected chi connectivity index (χ0v) is 12.3. The van der Waals surface area contributed by atoms with E-state index < -0.39 is 22.0 Å².